The molecule has 1 rings (SSSR count). The summed E-state index contributed by atoms with van der Waals surface area (Å²) in [6.07, 6.45) is 38.3. The molecule has 0 aromatic heterocycles. The van der Waals surface area contributed by atoms with Gasteiger partial charge in [-0.2, -0.15) is 0 Å². The van der Waals surface area contributed by atoms with Gasteiger partial charge in [-0.15, -0.1) is 0 Å². The van der Waals surface area contributed by atoms with Crippen molar-refractivity contribution in [2.75, 3.05) is 13.2 Å². The van der Waals surface area contributed by atoms with Crippen LogP contribution in [0.4, 0.5) is 0 Å². The third kappa shape index (κ3) is 31.4. The van der Waals surface area contributed by atoms with Crippen LogP contribution in [0.25, 0.3) is 0 Å². The second-order valence-corrected chi connectivity index (χ2v) is 18.5. The fourth-order valence-corrected chi connectivity index (χ4v) is 8.46. The van der Waals surface area contributed by atoms with Crippen molar-refractivity contribution in [3.05, 3.63) is 12.2 Å². The van der Waals surface area contributed by atoms with E-state index in [1.807, 2.05) is 0 Å². The number of aliphatic hydroxyl groups excluding tert-OH is 6. The minimum absolute atomic E-state index is 0.254. The van der Waals surface area contributed by atoms with E-state index in [2.05, 4.69) is 31.3 Å². The Balaban J connectivity index is 2.31. The van der Waals surface area contributed by atoms with Crippen molar-refractivity contribution < 1.29 is 44.9 Å². The molecule has 1 aliphatic heterocycles. The molecule has 8 unspecified atom stereocenters. The zero-order valence-electron chi connectivity index (χ0n) is 39.6. The van der Waals surface area contributed by atoms with Crippen molar-refractivity contribution in [2.24, 2.45) is 0 Å². The topological polar surface area (TPSA) is 169 Å². The third-order valence-corrected chi connectivity index (χ3v) is 12.7. The minimum atomic E-state index is -1.60. The number of allylic oxidation sites excluding steroid dienone is 2. The number of carbonyl (C=O) groups excluding carboxylic acids is 1. The molecular weight excluding hydrogens is 771 g/mol. The van der Waals surface area contributed by atoms with E-state index in [0.717, 1.165) is 57.8 Å². The Bertz CT molecular complexity index is 984. The fraction of sp³-hybridized carbons (Fsp3) is 0.941. The van der Waals surface area contributed by atoms with Crippen molar-refractivity contribution in [1.29, 1.82) is 0 Å². The van der Waals surface area contributed by atoms with Gasteiger partial charge < -0.3 is 45.4 Å². The van der Waals surface area contributed by atoms with Crippen LogP contribution in [0.2, 0.25) is 0 Å². The molecule has 1 heterocycles. The van der Waals surface area contributed by atoms with Crippen LogP contribution in [0.1, 0.15) is 245 Å². The molecule has 1 aliphatic rings. The Labute approximate surface area is 374 Å². The van der Waals surface area contributed by atoms with Gasteiger partial charge in [-0.3, -0.25) is 4.79 Å². The first-order valence-electron chi connectivity index (χ1n) is 26.0. The van der Waals surface area contributed by atoms with Gasteiger partial charge in [0.05, 0.1) is 25.4 Å². The summed E-state index contributed by atoms with van der Waals surface area (Å²) in [5.41, 5.74) is 0. The monoisotopic (exact) mass is 870 g/mol. The lowest BCUT2D eigenvalue weighted by atomic mass is 9.99. The molecular formula is C51H99NO9. The first kappa shape index (κ1) is 57.9. The van der Waals surface area contributed by atoms with Gasteiger partial charge in [0.25, 0.3) is 0 Å². The molecule has 0 radical (unpaired) electrons. The number of carbonyl (C=O) groups is 1. The standard InChI is InChI=1S/C51H99NO9/c1-3-5-7-9-11-13-15-17-19-20-21-22-23-24-26-28-30-32-34-36-38-40-45(55)50(59)52-43(42-60-51-49(58)48(57)47(56)46(41-53)61-51)44(54)39-37-35-33-31-29-27-25-18-16-14-12-10-8-6-4-2/h23-24,43-49,51,53-58H,3-22,25-42H2,1-2H3,(H,52,59)/b24-23-. The van der Waals surface area contributed by atoms with Crippen LogP contribution in [0.3, 0.4) is 0 Å². The number of rotatable bonds is 44. The van der Waals surface area contributed by atoms with E-state index in [4.69, 9.17) is 9.47 Å². The molecule has 1 fully saturated rings. The summed E-state index contributed by atoms with van der Waals surface area (Å²) in [4.78, 5) is 13.1. The predicted molar refractivity (Wildman–Crippen MR) is 250 cm³/mol. The van der Waals surface area contributed by atoms with Crippen LogP contribution in [0, 0.1) is 0 Å². The molecule has 1 amide bonds. The second-order valence-electron chi connectivity index (χ2n) is 18.5. The van der Waals surface area contributed by atoms with E-state index in [-0.39, 0.29) is 6.61 Å². The van der Waals surface area contributed by atoms with Crippen LogP contribution < -0.4 is 5.32 Å². The van der Waals surface area contributed by atoms with E-state index in [1.54, 1.807) is 0 Å². The molecule has 362 valence electrons. The predicted octanol–water partition coefficient (Wildman–Crippen LogP) is 10.6. The van der Waals surface area contributed by atoms with Gasteiger partial charge in [0.15, 0.2) is 6.29 Å². The van der Waals surface area contributed by atoms with Crippen LogP contribution >= 0.6 is 0 Å². The number of hydrogen-bond donors (Lipinski definition) is 7. The molecule has 7 N–H and O–H groups in total. The summed E-state index contributed by atoms with van der Waals surface area (Å²) < 4.78 is 11.2. The average Bonchev–Trinajstić information content (AvgIpc) is 3.26. The molecule has 0 saturated carbocycles. The van der Waals surface area contributed by atoms with Crippen LogP contribution in [-0.2, 0) is 14.3 Å². The summed E-state index contributed by atoms with van der Waals surface area (Å²) in [5.74, 6) is -0.585. The van der Waals surface area contributed by atoms with E-state index in [9.17, 15) is 35.4 Å². The van der Waals surface area contributed by atoms with E-state index in [1.165, 1.54) is 161 Å². The van der Waals surface area contributed by atoms with Gasteiger partial charge >= 0.3 is 0 Å². The van der Waals surface area contributed by atoms with Crippen molar-refractivity contribution in [1.82, 2.24) is 5.32 Å². The Hall–Kier alpha value is -1.11. The Morgan fingerprint density at radius 2 is 0.918 bits per heavy atom. The highest BCUT2D eigenvalue weighted by atomic mass is 16.7. The fourth-order valence-electron chi connectivity index (χ4n) is 8.46. The molecule has 61 heavy (non-hydrogen) atoms. The molecule has 0 spiro atoms. The summed E-state index contributed by atoms with van der Waals surface area (Å²) in [6.45, 7) is 3.69. The maximum absolute atomic E-state index is 13.1. The molecule has 10 nitrogen and oxygen atoms in total. The lowest BCUT2D eigenvalue weighted by Gasteiger charge is -2.40. The first-order chi connectivity index (χ1) is 29.8. The molecule has 0 aromatic rings. The van der Waals surface area contributed by atoms with Gasteiger partial charge in [-0.25, -0.2) is 0 Å². The summed E-state index contributed by atoms with van der Waals surface area (Å²) in [5, 5.41) is 65.0. The van der Waals surface area contributed by atoms with E-state index in [0.29, 0.717) is 12.8 Å². The molecule has 0 bridgehead atoms. The largest absolute Gasteiger partial charge is 0.394 e. The smallest absolute Gasteiger partial charge is 0.249 e. The number of hydrogen-bond acceptors (Lipinski definition) is 9. The number of ether oxygens (including phenoxy) is 2. The SMILES string of the molecule is CCCCCCCCCCCCC/C=C\CCCCCCCCC(O)C(=O)NC(COC1OC(CO)C(O)C(O)C1O)C(O)CCCCCCCCCCCCCCCCC. The minimum Gasteiger partial charge on any atom is -0.394 e. The zero-order valence-corrected chi connectivity index (χ0v) is 39.6. The number of nitrogens with one attached hydrogen (secondary N) is 1. The Morgan fingerprint density at radius 1 is 0.541 bits per heavy atom. The molecule has 1 saturated heterocycles. The number of unbranched alkanes of at least 4 members (excludes halogenated alkanes) is 31. The van der Waals surface area contributed by atoms with Crippen LogP contribution in [0.5, 0.6) is 0 Å². The molecule has 8 atom stereocenters. The van der Waals surface area contributed by atoms with Crippen molar-refractivity contribution in [2.45, 2.75) is 294 Å². The second kappa shape index (κ2) is 41.6. The lowest BCUT2D eigenvalue weighted by Crippen LogP contribution is -2.60. The van der Waals surface area contributed by atoms with Crippen molar-refractivity contribution >= 4 is 5.91 Å². The molecule has 10 heteroatoms. The van der Waals surface area contributed by atoms with Crippen LogP contribution in [0.15, 0.2) is 12.2 Å². The third-order valence-electron chi connectivity index (χ3n) is 12.7. The van der Waals surface area contributed by atoms with Gasteiger partial charge in [-0.1, -0.05) is 219 Å². The summed E-state index contributed by atoms with van der Waals surface area (Å²) >= 11 is 0. The highest BCUT2D eigenvalue weighted by molar-refractivity contribution is 5.80. The maximum atomic E-state index is 13.1. The van der Waals surface area contributed by atoms with Gasteiger partial charge in [0.2, 0.25) is 5.91 Å². The number of amides is 1. The maximum Gasteiger partial charge on any atom is 0.249 e. The van der Waals surface area contributed by atoms with E-state index >= 15 is 0 Å². The van der Waals surface area contributed by atoms with Gasteiger partial charge in [0, 0.05) is 0 Å². The van der Waals surface area contributed by atoms with E-state index < -0.39 is 61.5 Å². The number of aliphatic hydroxyl groups is 6. The zero-order chi connectivity index (χ0) is 44.6. The van der Waals surface area contributed by atoms with Crippen LogP contribution in [-0.4, -0.2) is 98.7 Å². The lowest BCUT2D eigenvalue weighted by molar-refractivity contribution is -0.302. The van der Waals surface area contributed by atoms with Crippen molar-refractivity contribution in [3.63, 3.8) is 0 Å². The summed E-state index contributed by atoms with van der Waals surface area (Å²) in [7, 11) is 0. The molecule has 0 aliphatic carbocycles. The highest BCUT2D eigenvalue weighted by Crippen LogP contribution is 2.23. The Kier molecular flexibility index (Phi) is 39.5. The normalized spacial score (nSPS) is 21.0. The highest BCUT2D eigenvalue weighted by Gasteiger charge is 2.44. The summed E-state index contributed by atoms with van der Waals surface area (Å²) in [6, 6.07) is -0.894. The first-order valence-corrected chi connectivity index (χ1v) is 26.0. The average molecular weight is 870 g/mol. The quantitative estimate of drug-likeness (QED) is 0.0233. The van der Waals surface area contributed by atoms with Gasteiger partial charge in [0.1, 0.15) is 30.5 Å². The van der Waals surface area contributed by atoms with Gasteiger partial charge in [-0.05, 0) is 38.5 Å². The van der Waals surface area contributed by atoms with Crippen molar-refractivity contribution in [3.8, 4) is 0 Å². The molecule has 0 aromatic carbocycles. The Morgan fingerprint density at radius 3 is 1.33 bits per heavy atom.